The van der Waals surface area contributed by atoms with Gasteiger partial charge in [-0.15, -0.1) is 0 Å². The summed E-state index contributed by atoms with van der Waals surface area (Å²) in [6, 6.07) is 17.8. The Labute approximate surface area is 267 Å². The lowest BCUT2D eigenvalue weighted by Gasteiger charge is -2.19. The molecule has 1 atom stereocenters. The zero-order valence-corrected chi connectivity index (χ0v) is 27.1. The summed E-state index contributed by atoms with van der Waals surface area (Å²) in [7, 11) is 0. The summed E-state index contributed by atoms with van der Waals surface area (Å²) in [6.07, 6.45) is 7.85. The second-order valence-electron chi connectivity index (χ2n) is 12.1. The standard InChI is InChI=1S/C35H51N3O7/c1-35(2,3)45-34(42)36-25-17-9-7-5-4-6-8-16-22-31(39)37-30(33(41)38-44-27-29-20-14-11-15-21-29)23-24-32(40)43-26-28-18-12-10-13-19-28/h10-15,18-21,30H,4-9,16-17,22-27H2,1-3H3,(H,36,42)(H,37,39)(H,38,41)/t30-/m1/s1. The molecule has 0 aliphatic carbocycles. The molecule has 0 aromatic heterocycles. The first-order valence-corrected chi connectivity index (χ1v) is 16.0. The first-order valence-electron chi connectivity index (χ1n) is 16.0. The Morgan fingerprint density at radius 2 is 1.27 bits per heavy atom. The summed E-state index contributed by atoms with van der Waals surface area (Å²) < 4.78 is 10.6. The van der Waals surface area contributed by atoms with Crippen molar-refractivity contribution in [2.75, 3.05) is 6.54 Å². The third kappa shape index (κ3) is 19.2. The minimum atomic E-state index is -0.928. The number of benzene rings is 2. The van der Waals surface area contributed by atoms with E-state index >= 15 is 0 Å². The van der Waals surface area contributed by atoms with E-state index in [0.717, 1.165) is 56.1 Å². The van der Waals surface area contributed by atoms with E-state index in [2.05, 4.69) is 16.1 Å². The number of rotatable bonds is 21. The number of ether oxygens (including phenoxy) is 2. The Morgan fingerprint density at radius 3 is 1.87 bits per heavy atom. The van der Waals surface area contributed by atoms with Crippen molar-refractivity contribution >= 4 is 23.9 Å². The molecule has 3 amide bonds. The average molecular weight is 626 g/mol. The first kappa shape index (κ1) is 37.3. The van der Waals surface area contributed by atoms with Crippen LogP contribution in [0.3, 0.4) is 0 Å². The fourth-order valence-electron chi connectivity index (χ4n) is 4.42. The lowest BCUT2D eigenvalue weighted by atomic mass is 10.1. The van der Waals surface area contributed by atoms with Gasteiger partial charge in [-0.25, -0.2) is 10.3 Å². The van der Waals surface area contributed by atoms with Gasteiger partial charge in [0.15, 0.2) is 0 Å². The topological polar surface area (TPSA) is 132 Å². The van der Waals surface area contributed by atoms with Gasteiger partial charge in [-0.05, 0) is 51.2 Å². The second kappa shape index (κ2) is 21.7. The van der Waals surface area contributed by atoms with Crippen LogP contribution in [0, 0.1) is 0 Å². The number of alkyl carbamates (subject to hydrolysis) is 1. The molecule has 2 aromatic carbocycles. The van der Waals surface area contributed by atoms with Gasteiger partial charge in [0.2, 0.25) is 5.91 Å². The normalized spacial score (nSPS) is 11.7. The summed E-state index contributed by atoms with van der Waals surface area (Å²) in [5, 5.41) is 5.54. The highest BCUT2D eigenvalue weighted by molar-refractivity contribution is 5.87. The maximum Gasteiger partial charge on any atom is 0.407 e. The molecule has 248 valence electrons. The van der Waals surface area contributed by atoms with E-state index in [1.165, 1.54) is 0 Å². The highest BCUT2D eigenvalue weighted by Crippen LogP contribution is 2.11. The third-order valence-corrected chi connectivity index (χ3v) is 6.78. The Bertz CT molecular complexity index is 1140. The van der Waals surface area contributed by atoms with Crippen LogP contribution >= 0.6 is 0 Å². The van der Waals surface area contributed by atoms with E-state index in [4.69, 9.17) is 14.3 Å². The molecule has 3 N–H and O–H groups in total. The molecule has 45 heavy (non-hydrogen) atoms. The van der Waals surface area contributed by atoms with Crippen LogP contribution in [0.1, 0.15) is 103 Å². The summed E-state index contributed by atoms with van der Waals surface area (Å²) >= 11 is 0. The van der Waals surface area contributed by atoms with Crippen LogP contribution in [0.4, 0.5) is 4.79 Å². The van der Waals surface area contributed by atoms with Crippen molar-refractivity contribution in [1.82, 2.24) is 16.1 Å². The fraction of sp³-hybridized carbons (Fsp3) is 0.543. The summed E-state index contributed by atoms with van der Waals surface area (Å²) in [5.41, 5.74) is 3.68. The molecule has 0 saturated heterocycles. The Hall–Kier alpha value is -3.92. The van der Waals surface area contributed by atoms with Gasteiger partial charge in [-0.2, -0.15) is 0 Å². The lowest BCUT2D eigenvalue weighted by molar-refractivity contribution is -0.146. The summed E-state index contributed by atoms with van der Waals surface area (Å²) in [4.78, 5) is 54.9. The van der Waals surface area contributed by atoms with Gasteiger partial charge in [0.05, 0.1) is 6.61 Å². The van der Waals surface area contributed by atoms with Crippen molar-refractivity contribution in [2.24, 2.45) is 0 Å². The molecule has 0 unspecified atom stereocenters. The SMILES string of the molecule is CC(C)(C)OC(=O)NCCCCCCCCCCC(=O)N[C@H](CCC(=O)OCc1ccccc1)C(=O)NOCc1ccccc1. The monoisotopic (exact) mass is 625 g/mol. The quantitative estimate of drug-likeness (QED) is 0.0845. The largest absolute Gasteiger partial charge is 0.461 e. The zero-order chi connectivity index (χ0) is 32.8. The van der Waals surface area contributed by atoms with E-state index in [9.17, 15) is 19.2 Å². The van der Waals surface area contributed by atoms with Gasteiger partial charge in [-0.3, -0.25) is 19.2 Å². The van der Waals surface area contributed by atoms with Crippen LogP contribution in [0.25, 0.3) is 0 Å². The molecule has 0 radical (unpaired) electrons. The van der Waals surface area contributed by atoms with Gasteiger partial charge in [0.1, 0.15) is 18.2 Å². The molecule has 0 fully saturated rings. The van der Waals surface area contributed by atoms with Crippen molar-refractivity contribution in [3.63, 3.8) is 0 Å². The van der Waals surface area contributed by atoms with Crippen molar-refractivity contribution in [1.29, 1.82) is 0 Å². The molecule has 0 saturated carbocycles. The number of esters is 1. The third-order valence-electron chi connectivity index (χ3n) is 6.78. The Morgan fingerprint density at radius 1 is 0.711 bits per heavy atom. The number of unbranched alkanes of at least 4 members (excludes halogenated alkanes) is 7. The molecule has 0 heterocycles. The van der Waals surface area contributed by atoms with Crippen molar-refractivity contribution in [2.45, 2.75) is 116 Å². The molecule has 0 aliphatic heterocycles. The lowest BCUT2D eigenvalue weighted by Crippen LogP contribution is -2.46. The van der Waals surface area contributed by atoms with Gasteiger partial charge < -0.3 is 20.1 Å². The number of hydrogen-bond acceptors (Lipinski definition) is 7. The number of hydroxylamine groups is 1. The van der Waals surface area contributed by atoms with Crippen LogP contribution in [0.15, 0.2) is 60.7 Å². The molecule has 10 nitrogen and oxygen atoms in total. The maximum absolute atomic E-state index is 12.9. The van der Waals surface area contributed by atoms with Crippen LogP contribution in [0.5, 0.6) is 0 Å². The highest BCUT2D eigenvalue weighted by atomic mass is 16.7. The van der Waals surface area contributed by atoms with E-state index < -0.39 is 23.5 Å². The minimum absolute atomic E-state index is 0.0268. The predicted octanol–water partition coefficient (Wildman–Crippen LogP) is 6.28. The van der Waals surface area contributed by atoms with Gasteiger partial charge >= 0.3 is 12.1 Å². The van der Waals surface area contributed by atoms with E-state index in [-0.39, 0.29) is 38.1 Å². The second-order valence-corrected chi connectivity index (χ2v) is 12.1. The maximum atomic E-state index is 12.9. The highest BCUT2D eigenvalue weighted by Gasteiger charge is 2.22. The molecular weight excluding hydrogens is 574 g/mol. The minimum Gasteiger partial charge on any atom is -0.461 e. The van der Waals surface area contributed by atoms with Crippen LogP contribution in [-0.4, -0.2) is 42.1 Å². The Kier molecular flexibility index (Phi) is 18.0. The molecule has 2 aromatic rings. The molecule has 2 rings (SSSR count). The van der Waals surface area contributed by atoms with Crippen molar-refractivity contribution in [3.05, 3.63) is 71.8 Å². The van der Waals surface area contributed by atoms with Crippen LogP contribution in [0.2, 0.25) is 0 Å². The zero-order valence-electron chi connectivity index (χ0n) is 27.1. The van der Waals surface area contributed by atoms with Gasteiger partial charge in [0, 0.05) is 19.4 Å². The fourth-order valence-corrected chi connectivity index (χ4v) is 4.42. The first-order chi connectivity index (χ1) is 21.6. The number of hydrogen-bond donors (Lipinski definition) is 3. The average Bonchev–Trinajstić information content (AvgIpc) is 3.01. The Balaban J connectivity index is 1.64. The van der Waals surface area contributed by atoms with Gasteiger partial charge in [-0.1, -0.05) is 99.2 Å². The predicted molar refractivity (Wildman–Crippen MR) is 173 cm³/mol. The number of carbonyl (C=O) groups is 4. The van der Waals surface area contributed by atoms with E-state index in [0.29, 0.717) is 19.4 Å². The number of amides is 3. The molecule has 0 bridgehead atoms. The van der Waals surface area contributed by atoms with Crippen LogP contribution in [-0.2, 0) is 41.9 Å². The van der Waals surface area contributed by atoms with Gasteiger partial charge in [0.25, 0.3) is 5.91 Å². The van der Waals surface area contributed by atoms with Crippen molar-refractivity contribution in [3.8, 4) is 0 Å². The summed E-state index contributed by atoms with van der Waals surface area (Å²) in [6.45, 7) is 6.46. The van der Waals surface area contributed by atoms with Crippen LogP contribution < -0.4 is 16.1 Å². The summed E-state index contributed by atoms with van der Waals surface area (Å²) in [5.74, 6) is -1.21. The van der Waals surface area contributed by atoms with E-state index in [1.54, 1.807) is 0 Å². The number of carbonyl (C=O) groups excluding carboxylic acids is 4. The van der Waals surface area contributed by atoms with Crippen molar-refractivity contribution < 1.29 is 33.5 Å². The molecular formula is C35H51N3O7. The molecule has 10 heteroatoms. The smallest absolute Gasteiger partial charge is 0.407 e. The molecule has 0 spiro atoms. The number of nitrogens with one attached hydrogen (secondary N) is 3. The van der Waals surface area contributed by atoms with E-state index in [1.807, 2.05) is 81.4 Å². The molecule has 0 aliphatic rings.